The molecule has 0 fully saturated rings. The maximum atomic E-state index is 12.9. The summed E-state index contributed by atoms with van der Waals surface area (Å²) in [5.41, 5.74) is 3.25. The zero-order valence-electron chi connectivity index (χ0n) is 7.73. The average Bonchev–Trinajstić information content (AvgIpc) is 2.14. The first kappa shape index (κ1) is 12.8. The summed E-state index contributed by atoms with van der Waals surface area (Å²) in [5.74, 6) is -1.40. The lowest BCUT2D eigenvalue weighted by atomic mass is 10.0. The van der Waals surface area contributed by atoms with Gasteiger partial charge in [0.1, 0.15) is 11.9 Å². The van der Waals surface area contributed by atoms with E-state index in [4.69, 9.17) is 5.73 Å². The summed E-state index contributed by atoms with van der Waals surface area (Å²) >= 11 is 0. The zero-order chi connectivity index (χ0) is 12.5. The molecule has 0 aliphatic rings. The maximum absolute atomic E-state index is 12.9. The van der Waals surface area contributed by atoms with Crippen molar-refractivity contribution in [2.75, 3.05) is 0 Å². The molecule has 0 saturated heterocycles. The van der Waals surface area contributed by atoms with Crippen LogP contribution >= 0.6 is 0 Å². The van der Waals surface area contributed by atoms with Crippen LogP contribution < -0.4 is 5.73 Å². The Labute approximate surface area is 86.9 Å². The molecule has 0 amide bonds. The van der Waals surface area contributed by atoms with Crippen molar-refractivity contribution in [3.63, 3.8) is 0 Å². The maximum Gasteiger partial charge on any atom is 0.407 e. The van der Waals surface area contributed by atoms with Gasteiger partial charge in [-0.25, -0.2) is 13.2 Å². The minimum atomic E-state index is -4.74. The van der Waals surface area contributed by atoms with E-state index in [2.05, 4.69) is 0 Å². The second kappa shape index (κ2) is 4.32. The van der Waals surface area contributed by atoms with Gasteiger partial charge < -0.3 is 5.73 Å². The number of alkyl halides is 5. The van der Waals surface area contributed by atoms with Crippen molar-refractivity contribution in [1.29, 1.82) is 0 Å². The molecule has 1 nitrogen and oxygen atoms in total. The topological polar surface area (TPSA) is 26.0 Å². The molecule has 1 rings (SSSR count). The van der Waals surface area contributed by atoms with Gasteiger partial charge in [0.25, 0.3) is 6.43 Å². The second-order valence-corrected chi connectivity index (χ2v) is 3.10. The molecule has 90 valence electrons. The Morgan fingerprint density at radius 1 is 1.12 bits per heavy atom. The van der Waals surface area contributed by atoms with Crippen LogP contribution in [0, 0.1) is 5.82 Å². The normalized spacial score (nSPS) is 14.2. The van der Waals surface area contributed by atoms with Crippen molar-refractivity contribution in [1.82, 2.24) is 0 Å². The van der Waals surface area contributed by atoms with Gasteiger partial charge in [-0.2, -0.15) is 13.2 Å². The molecule has 0 heterocycles. The first-order chi connectivity index (χ1) is 7.23. The Balaban J connectivity index is 3.07. The molecule has 2 N–H and O–H groups in total. The van der Waals surface area contributed by atoms with E-state index in [0.717, 1.165) is 6.07 Å². The molecule has 7 heteroatoms. The Morgan fingerprint density at radius 2 is 1.69 bits per heavy atom. The lowest BCUT2D eigenvalue weighted by Gasteiger charge is -2.16. The zero-order valence-corrected chi connectivity index (χ0v) is 7.73. The van der Waals surface area contributed by atoms with E-state index in [9.17, 15) is 26.3 Å². The predicted molar refractivity (Wildman–Crippen MR) is 44.3 cm³/mol. The van der Waals surface area contributed by atoms with Gasteiger partial charge in [0.2, 0.25) is 0 Å². The van der Waals surface area contributed by atoms with Crippen molar-refractivity contribution in [3.05, 3.63) is 35.1 Å². The van der Waals surface area contributed by atoms with Crippen molar-refractivity contribution >= 4 is 0 Å². The van der Waals surface area contributed by atoms with Crippen LogP contribution in [-0.2, 0) is 0 Å². The van der Waals surface area contributed by atoms with Crippen LogP contribution in [-0.4, -0.2) is 6.18 Å². The van der Waals surface area contributed by atoms with Crippen LogP contribution in [0.4, 0.5) is 26.3 Å². The third-order valence-electron chi connectivity index (χ3n) is 1.97. The van der Waals surface area contributed by atoms with Gasteiger partial charge in [-0.1, -0.05) is 12.1 Å². The largest absolute Gasteiger partial charge is 0.407 e. The summed E-state index contributed by atoms with van der Waals surface area (Å²) in [4.78, 5) is 0. The Bertz CT molecular complexity index is 373. The van der Waals surface area contributed by atoms with E-state index in [-0.39, 0.29) is 0 Å². The Morgan fingerprint density at radius 3 is 2.06 bits per heavy atom. The Kier molecular flexibility index (Phi) is 3.47. The molecule has 0 spiro atoms. The fourth-order valence-corrected chi connectivity index (χ4v) is 1.10. The predicted octanol–water partition coefficient (Wildman–Crippen LogP) is 3.33. The molecular formula is C9H7F6N. The van der Waals surface area contributed by atoms with Crippen molar-refractivity contribution in [2.45, 2.75) is 18.6 Å². The molecular weight excluding hydrogens is 236 g/mol. The fraction of sp³-hybridized carbons (Fsp3) is 0.333. The molecule has 0 unspecified atom stereocenters. The summed E-state index contributed by atoms with van der Waals surface area (Å²) in [6, 6.07) is -0.669. The number of hydrogen-bond donors (Lipinski definition) is 1. The second-order valence-electron chi connectivity index (χ2n) is 3.10. The number of hydrogen-bond acceptors (Lipinski definition) is 1. The van der Waals surface area contributed by atoms with Gasteiger partial charge in [-0.05, 0) is 11.6 Å². The van der Waals surface area contributed by atoms with Gasteiger partial charge in [0, 0.05) is 0 Å². The molecule has 0 aromatic heterocycles. The summed E-state index contributed by atoms with van der Waals surface area (Å²) < 4.78 is 73.5. The lowest BCUT2D eigenvalue weighted by Crippen LogP contribution is -2.28. The highest BCUT2D eigenvalue weighted by Gasteiger charge is 2.38. The van der Waals surface area contributed by atoms with E-state index in [1.807, 2.05) is 0 Å². The molecule has 1 atom stereocenters. The van der Waals surface area contributed by atoms with E-state index >= 15 is 0 Å². The molecule has 0 radical (unpaired) electrons. The third-order valence-corrected chi connectivity index (χ3v) is 1.97. The van der Waals surface area contributed by atoms with Crippen molar-refractivity contribution in [2.24, 2.45) is 5.73 Å². The number of halogens is 6. The van der Waals surface area contributed by atoms with Gasteiger partial charge in [0.15, 0.2) is 0 Å². The van der Waals surface area contributed by atoms with E-state index < -0.39 is 35.6 Å². The van der Waals surface area contributed by atoms with E-state index in [0.29, 0.717) is 12.1 Å². The van der Waals surface area contributed by atoms with Crippen LogP contribution in [0.1, 0.15) is 23.6 Å². The molecule has 0 saturated carbocycles. The molecule has 0 bridgehead atoms. The molecule has 1 aromatic rings. The number of nitrogens with two attached hydrogens (primary N) is 1. The van der Waals surface area contributed by atoms with Crippen LogP contribution in [0.5, 0.6) is 0 Å². The van der Waals surface area contributed by atoms with Gasteiger partial charge in [0.05, 0.1) is 5.56 Å². The number of benzene rings is 1. The molecule has 0 aliphatic carbocycles. The number of rotatable bonds is 2. The Hall–Kier alpha value is -1.24. The SMILES string of the molecule is N[C@H](c1ccc(C(F)F)c(F)c1)C(F)(F)F. The highest BCUT2D eigenvalue weighted by Crippen LogP contribution is 2.32. The smallest absolute Gasteiger partial charge is 0.316 e. The molecule has 1 aromatic carbocycles. The summed E-state index contributed by atoms with van der Waals surface area (Å²) in [6.45, 7) is 0. The minimum absolute atomic E-state index is 0.375. The summed E-state index contributed by atoms with van der Waals surface area (Å²) in [5, 5.41) is 0. The van der Waals surface area contributed by atoms with Crippen LogP contribution in [0.2, 0.25) is 0 Å². The van der Waals surface area contributed by atoms with Crippen LogP contribution in [0.15, 0.2) is 18.2 Å². The van der Waals surface area contributed by atoms with E-state index in [1.54, 1.807) is 0 Å². The first-order valence-corrected chi connectivity index (χ1v) is 4.13. The highest BCUT2D eigenvalue weighted by atomic mass is 19.4. The van der Waals surface area contributed by atoms with Crippen molar-refractivity contribution in [3.8, 4) is 0 Å². The van der Waals surface area contributed by atoms with Gasteiger partial charge in [-0.3, -0.25) is 0 Å². The standard InChI is InChI=1S/C9H7F6N/c10-6-3-4(7(16)9(13,14)15)1-2-5(6)8(11)12/h1-3,7-8H,16H2/t7-/m1/s1. The summed E-state index contributed by atoms with van der Waals surface area (Å²) in [6.07, 6.45) is -7.81. The molecule has 16 heavy (non-hydrogen) atoms. The van der Waals surface area contributed by atoms with Crippen LogP contribution in [0.3, 0.4) is 0 Å². The minimum Gasteiger partial charge on any atom is -0.316 e. The van der Waals surface area contributed by atoms with Gasteiger partial charge in [-0.15, -0.1) is 0 Å². The average molecular weight is 243 g/mol. The van der Waals surface area contributed by atoms with E-state index in [1.165, 1.54) is 0 Å². The van der Waals surface area contributed by atoms with Gasteiger partial charge >= 0.3 is 6.18 Å². The highest BCUT2D eigenvalue weighted by molar-refractivity contribution is 5.28. The van der Waals surface area contributed by atoms with Crippen LogP contribution in [0.25, 0.3) is 0 Å². The third kappa shape index (κ3) is 2.66. The fourth-order valence-electron chi connectivity index (χ4n) is 1.10. The quantitative estimate of drug-likeness (QED) is 0.792. The first-order valence-electron chi connectivity index (χ1n) is 4.13. The molecule has 0 aliphatic heterocycles. The monoisotopic (exact) mass is 243 g/mol. The summed E-state index contributed by atoms with van der Waals surface area (Å²) in [7, 11) is 0. The lowest BCUT2D eigenvalue weighted by molar-refractivity contribution is -0.149. The van der Waals surface area contributed by atoms with Crippen molar-refractivity contribution < 1.29 is 26.3 Å².